The molecule has 0 unspecified atom stereocenters. The second kappa shape index (κ2) is 23.6. The van der Waals surface area contributed by atoms with Crippen LogP contribution in [-0.4, -0.2) is 52.3 Å². The number of unbranched alkanes of at least 4 members (excludes halogenated alkanes) is 10. The third kappa shape index (κ3) is 13.4. The average Bonchev–Trinajstić information content (AvgIpc) is 3.17. The first kappa shape index (κ1) is 39.9. The Bertz CT molecular complexity index is 1360. The van der Waals surface area contributed by atoms with E-state index in [1.165, 1.54) is 38.5 Å². The van der Waals surface area contributed by atoms with E-state index in [1.807, 2.05) is 72.8 Å². The van der Waals surface area contributed by atoms with E-state index in [0.717, 1.165) is 52.8 Å². The third-order valence-electron chi connectivity index (χ3n) is 9.28. The van der Waals surface area contributed by atoms with E-state index >= 15 is 0 Å². The summed E-state index contributed by atoms with van der Waals surface area (Å²) in [5, 5.41) is 0. The van der Waals surface area contributed by atoms with Crippen LogP contribution in [0.25, 0.3) is 0 Å². The minimum atomic E-state index is -3.31. The summed E-state index contributed by atoms with van der Waals surface area (Å²) in [6.45, 7) is 4.45. The second-order valence-corrected chi connectivity index (χ2v) is 26.5. The zero-order valence-corrected chi connectivity index (χ0v) is 36.8. The number of rotatable bonds is 22. The van der Waals surface area contributed by atoms with E-state index in [2.05, 4.69) is 62.4 Å². The van der Waals surface area contributed by atoms with Crippen LogP contribution in [0.3, 0.4) is 0 Å². The van der Waals surface area contributed by atoms with Crippen LogP contribution in [0.2, 0.25) is 0 Å². The van der Waals surface area contributed by atoms with E-state index in [1.54, 1.807) is 0 Å². The second-order valence-electron chi connectivity index (χ2n) is 13.2. The molecule has 4 aromatic carbocycles. The summed E-state index contributed by atoms with van der Waals surface area (Å²) >= 11 is -6.63. The van der Waals surface area contributed by atoms with Crippen molar-refractivity contribution < 1.29 is 15.7 Å². The van der Waals surface area contributed by atoms with E-state index < -0.39 is 40.3 Å². The van der Waals surface area contributed by atoms with Gasteiger partial charge in [0.25, 0.3) is 0 Å². The van der Waals surface area contributed by atoms with Crippen LogP contribution in [0.1, 0.15) is 104 Å². The molecule has 0 bridgehead atoms. The first-order valence-electron chi connectivity index (χ1n) is 19.0. The van der Waals surface area contributed by atoms with Crippen molar-refractivity contribution in [3.8, 4) is 0 Å². The molecule has 0 fully saturated rings. The molecule has 4 rings (SSSR count). The maximum atomic E-state index is 14.6. The molecule has 0 aliphatic carbocycles. The molecule has 0 spiro atoms. The number of hydrogen-bond donors (Lipinski definition) is 0. The Morgan fingerprint density at radius 3 is 0.940 bits per heavy atom. The van der Waals surface area contributed by atoms with Crippen LogP contribution in [0.15, 0.2) is 132 Å². The quantitative estimate of drug-likeness (QED) is 0.0458. The summed E-state index contributed by atoms with van der Waals surface area (Å²) in [4.78, 5) is 29.2. The molecule has 0 saturated carbocycles. The molecular formula is C44H56O4Sn2. The minimum absolute atomic E-state index is 0.323. The average molecular weight is 886 g/mol. The third-order valence-corrected chi connectivity index (χ3v) is 23.2. The van der Waals surface area contributed by atoms with Crippen molar-refractivity contribution in [3.05, 3.63) is 132 Å². The van der Waals surface area contributed by atoms with Crippen molar-refractivity contribution in [2.75, 3.05) is 0 Å². The Morgan fingerprint density at radius 2 is 0.660 bits per heavy atom. The zero-order valence-electron chi connectivity index (χ0n) is 30.2. The fraction of sp³-hybridized carbons (Fsp3) is 0.364. The van der Waals surface area contributed by atoms with E-state index in [0.29, 0.717) is 24.0 Å². The van der Waals surface area contributed by atoms with Crippen LogP contribution in [0.4, 0.5) is 0 Å². The van der Waals surface area contributed by atoms with Crippen molar-refractivity contribution in [2.24, 2.45) is 0 Å². The molecule has 0 aliphatic rings. The van der Waals surface area contributed by atoms with Crippen LogP contribution in [-0.2, 0) is 15.7 Å². The van der Waals surface area contributed by atoms with Crippen LogP contribution >= 0.6 is 0 Å². The zero-order chi connectivity index (χ0) is 35.2. The summed E-state index contributed by atoms with van der Waals surface area (Å²) in [6.07, 6.45) is 14.3. The van der Waals surface area contributed by atoms with Gasteiger partial charge in [-0.05, 0) is 0 Å². The Hall–Kier alpha value is -2.84. The summed E-state index contributed by atoms with van der Waals surface area (Å²) in [5.74, 6) is -0.646. The van der Waals surface area contributed by atoms with Gasteiger partial charge in [0.15, 0.2) is 0 Å². The number of carbonyl (C=O) groups is 2. The SMILES string of the molecule is CCCCCCCC/C(C(=O)[O][SnH]([c]1ccccc1)[c]1ccccc1)=C(\CCCCCCCC)C(=O)[O][SnH]([c]1ccccc1)[c]1ccccc1. The maximum absolute atomic E-state index is 14.6. The van der Waals surface area contributed by atoms with Gasteiger partial charge in [0.2, 0.25) is 0 Å². The Labute approximate surface area is 316 Å². The number of hydrogen-bond acceptors (Lipinski definition) is 4. The van der Waals surface area contributed by atoms with E-state index in [4.69, 9.17) is 6.15 Å². The standard InChI is InChI=1S/C20H36O4.4C6H5.2Sn.2H/c1-3-5-7-9-11-13-15-17(19(21)22)18(20(23)24)16-14-12-10-8-6-4-2;4*1-2-4-6-5-3-1;;;;/h3-16H2,1-2H3,(H,21,22)(H,23,24);4*1-5H;;;;/q;;;;;2*+1;;/p-2/b18-17-;;;;;;;;. The Morgan fingerprint density at radius 1 is 0.400 bits per heavy atom. The summed E-state index contributed by atoms with van der Waals surface area (Å²) in [6, 6.07) is 40.8. The van der Waals surface area contributed by atoms with Gasteiger partial charge in [-0.2, -0.15) is 0 Å². The van der Waals surface area contributed by atoms with Crippen LogP contribution in [0.5, 0.6) is 0 Å². The van der Waals surface area contributed by atoms with Crippen molar-refractivity contribution >= 4 is 66.6 Å². The molecule has 0 aliphatic heterocycles. The van der Waals surface area contributed by atoms with Gasteiger partial charge in [0.05, 0.1) is 0 Å². The molecule has 0 radical (unpaired) electrons. The molecule has 0 amide bonds. The molecule has 0 aromatic heterocycles. The van der Waals surface area contributed by atoms with Crippen molar-refractivity contribution in [1.29, 1.82) is 0 Å². The summed E-state index contributed by atoms with van der Waals surface area (Å²) < 4.78 is 17.8. The predicted molar refractivity (Wildman–Crippen MR) is 214 cm³/mol. The molecule has 4 nitrogen and oxygen atoms in total. The molecule has 0 saturated heterocycles. The van der Waals surface area contributed by atoms with Crippen LogP contribution < -0.4 is 14.3 Å². The predicted octanol–water partition coefficient (Wildman–Crippen LogP) is 7.95. The van der Waals surface area contributed by atoms with E-state index in [9.17, 15) is 9.59 Å². The molecule has 6 heteroatoms. The molecular weight excluding hydrogens is 830 g/mol. The Kier molecular flexibility index (Phi) is 18.8. The van der Waals surface area contributed by atoms with Gasteiger partial charge in [0.1, 0.15) is 0 Å². The van der Waals surface area contributed by atoms with Crippen molar-refractivity contribution in [1.82, 2.24) is 0 Å². The topological polar surface area (TPSA) is 52.6 Å². The first-order valence-corrected chi connectivity index (χ1v) is 28.2. The number of carbonyl (C=O) groups excluding carboxylic acids is 2. The van der Waals surface area contributed by atoms with Gasteiger partial charge in [-0.3, -0.25) is 0 Å². The summed E-state index contributed by atoms with van der Waals surface area (Å²) in [7, 11) is 0. The van der Waals surface area contributed by atoms with Gasteiger partial charge in [-0.25, -0.2) is 0 Å². The van der Waals surface area contributed by atoms with Gasteiger partial charge < -0.3 is 0 Å². The first-order chi connectivity index (χ1) is 24.6. The molecule has 264 valence electrons. The van der Waals surface area contributed by atoms with Gasteiger partial charge in [0, 0.05) is 0 Å². The molecule has 50 heavy (non-hydrogen) atoms. The van der Waals surface area contributed by atoms with Gasteiger partial charge >= 0.3 is 319 Å². The molecule has 0 heterocycles. The number of benzene rings is 4. The monoisotopic (exact) mass is 888 g/mol. The fourth-order valence-electron chi connectivity index (χ4n) is 6.44. The molecule has 0 N–H and O–H groups in total. The van der Waals surface area contributed by atoms with Crippen molar-refractivity contribution in [3.63, 3.8) is 0 Å². The molecule has 0 atom stereocenters. The molecule has 4 aromatic rings. The normalized spacial score (nSPS) is 11.8. The van der Waals surface area contributed by atoms with Gasteiger partial charge in [-0.15, -0.1) is 0 Å². The van der Waals surface area contributed by atoms with E-state index in [-0.39, 0.29) is 11.9 Å². The summed E-state index contributed by atoms with van der Waals surface area (Å²) in [5.41, 5.74) is 1.08. The van der Waals surface area contributed by atoms with Crippen molar-refractivity contribution in [2.45, 2.75) is 104 Å². The van der Waals surface area contributed by atoms with Gasteiger partial charge in [-0.1, -0.05) is 0 Å². The fourth-order valence-corrected chi connectivity index (χ4v) is 18.8. The van der Waals surface area contributed by atoms with Crippen LogP contribution in [0, 0.1) is 0 Å². The Balaban J connectivity index is 1.72.